The van der Waals surface area contributed by atoms with E-state index in [4.69, 9.17) is 32.7 Å². The molecule has 2 fully saturated rings. The predicted molar refractivity (Wildman–Crippen MR) is 148 cm³/mol. The van der Waals surface area contributed by atoms with E-state index in [1.807, 2.05) is 0 Å². The number of rotatable bonds is 10. The second kappa shape index (κ2) is 13.2. The Bertz CT molecular complexity index is 1370. The van der Waals surface area contributed by atoms with E-state index in [0.717, 1.165) is 0 Å². The number of piperidine rings is 1. The molecule has 10 nitrogen and oxygen atoms in total. The van der Waals surface area contributed by atoms with Gasteiger partial charge >= 0.3 is 0 Å². The number of nitrogens with one attached hydrogen (secondary N) is 1. The fourth-order valence-electron chi connectivity index (χ4n) is 4.47. The van der Waals surface area contributed by atoms with Crippen LogP contribution in [0.15, 0.2) is 47.4 Å². The van der Waals surface area contributed by atoms with E-state index in [0.29, 0.717) is 62.0 Å². The van der Waals surface area contributed by atoms with E-state index in [-0.39, 0.29) is 41.3 Å². The molecule has 2 aromatic carbocycles. The van der Waals surface area contributed by atoms with Crippen LogP contribution in [0.1, 0.15) is 18.4 Å². The summed E-state index contributed by atoms with van der Waals surface area (Å²) in [5.41, 5.74) is 0.528. The average molecular weight is 621 g/mol. The molecule has 14 heteroatoms. The Kier molecular flexibility index (Phi) is 10.1. The zero-order valence-electron chi connectivity index (χ0n) is 21.2. The maximum atomic E-state index is 13.0. The third-order valence-electron chi connectivity index (χ3n) is 6.58. The number of ether oxygens (including phenoxy) is 2. The highest BCUT2D eigenvalue weighted by Crippen LogP contribution is 2.26. The number of carbonyl (C=O) groups excluding carboxylic acids is 1. The fourth-order valence-corrected chi connectivity index (χ4v) is 7.80. The van der Waals surface area contributed by atoms with Gasteiger partial charge in [-0.25, -0.2) is 21.1 Å². The highest BCUT2D eigenvalue weighted by atomic mass is 35.5. The number of hydrogen-bond acceptors (Lipinski definition) is 7. The summed E-state index contributed by atoms with van der Waals surface area (Å²) in [5, 5.41) is 3.45. The molecular weight excluding hydrogens is 589 g/mol. The minimum absolute atomic E-state index is 0.107. The Labute approximate surface area is 239 Å². The van der Waals surface area contributed by atoms with E-state index in [1.165, 1.54) is 26.8 Å². The molecule has 2 heterocycles. The molecule has 2 aliphatic heterocycles. The number of morpholine rings is 1. The third-order valence-corrected chi connectivity index (χ3v) is 11.1. The highest BCUT2D eigenvalue weighted by Gasteiger charge is 2.32. The minimum Gasteiger partial charge on any atom is -0.492 e. The first-order valence-corrected chi connectivity index (χ1v) is 16.4. The number of nitrogens with zero attached hydrogens (tertiary/aromatic N) is 2. The summed E-state index contributed by atoms with van der Waals surface area (Å²) < 4.78 is 65.0. The second-order valence-electron chi connectivity index (χ2n) is 9.33. The molecule has 214 valence electrons. The molecule has 2 aromatic rings. The van der Waals surface area contributed by atoms with Gasteiger partial charge in [-0.3, -0.25) is 4.79 Å². The van der Waals surface area contributed by atoms with Gasteiger partial charge in [-0.15, -0.1) is 0 Å². The van der Waals surface area contributed by atoms with Crippen molar-refractivity contribution in [2.45, 2.75) is 23.5 Å². The van der Waals surface area contributed by atoms with Crippen molar-refractivity contribution in [3.8, 4) is 5.75 Å². The van der Waals surface area contributed by atoms with Crippen molar-refractivity contribution >= 4 is 49.2 Å². The lowest BCUT2D eigenvalue weighted by molar-refractivity contribution is -0.126. The molecule has 0 spiro atoms. The van der Waals surface area contributed by atoms with Gasteiger partial charge in [0.15, 0.2) is 0 Å². The molecule has 39 heavy (non-hydrogen) atoms. The molecule has 4 rings (SSSR count). The summed E-state index contributed by atoms with van der Waals surface area (Å²) in [7, 11) is -7.22. The summed E-state index contributed by atoms with van der Waals surface area (Å²) in [4.78, 5) is 12.9. The molecule has 0 aromatic heterocycles. The van der Waals surface area contributed by atoms with Crippen LogP contribution in [0.5, 0.6) is 5.75 Å². The minimum atomic E-state index is -3.64. The number of halogens is 2. The third kappa shape index (κ3) is 7.84. The molecule has 1 unspecified atom stereocenters. The normalized spacial score (nSPS) is 19.5. The Balaban J connectivity index is 1.23. The van der Waals surface area contributed by atoms with Gasteiger partial charge in [-0.05, 0) is 54.8 Å². The second-order valence-corrected chi connectivity index (χ2v) is 14.1. The van der Waals surface area contributed by atoms with Crippen LogP contribution in [-0.2, 0) is 35.3 Å². The van der Waals surface area contributed by atoms with E-state index in [2.05, 4.69) is 5.32 Å². The first-order valence-electron chi connectivity index (χ1n) is 12.6. The van der Waals surface area contributed by atoms with Gasteiger partial charge in [-0.1, -0.05) is 29.3 Å². The monoisotopic (exact) mass is 619 g/mol. The van der Waals surface area contributed by atoms with Crippen LogP contribution < -0.4 is 10.1 Å². The standard InChI is InChI=1S/C25H31Cl2N3O7S2/c26-23-8-3-19(16-24(23)27)18-38(32,33)30-10-1-2-20(17-30)25(31)28-9-13-37-21-4-6-22(7-5-21)39(34,35)29-11-14-36-15-12-29/h3-8,16,20H,1-2,9-15,17-18H2,(H,28,31). The van der Waals surface area contributed by atoms with E-state index >= 15 is 0 Å². The summed E-state index contributed by atoms with van der Waals surface area (Å²) in [5.74, 6) is -0.451. The maximum absolute atomic E-state index is 13.0. The molecule has 0 radical (unpaired) electrons. The lowest BCUT2D eigenvalue weighted by Gasteiger charge is -2.31. The van der Waals surface area contributed by atoms with Crippen molar-refractivity contribution in [3.63, 3.8) is 0 Å². The van der Waals surface area contributed by atoms with Crippen molar-refractivity contribution < 1.29 is 31.1 Å². The zero-order chi connectivity index (χ0) is 28.0. The van der Waals surface area contributed by atoms with Crippen LogP contribution >= 0.6 is 23.2 Å². The van der Waals surface area contributed by atoms with Crippen LogP contribution in [0.3, 0.4) is 0 Å². The first-order chi connectivity index (χ1) is 18.6. The summed E-state index contributed by atoms with van der Waals surface area (Å²) in [6.45, 7) is 2.25. The van der Waals surface area contributed by atoms with Gasteiger partial charge in [0.2, 0.25) is 26.0 Å². The smallest absolute Gasteiger partial charge is 0.243 e. The van der Waals surface area contributed by atoms with Crippen LogP contribution in [0.4, 0.5) is 0 Å². The van der Waals surface area contributed by atoms with Crippen molar-refractivity contribution in [1.29, 1.82) is 0 Å². The number of amides is 1. The van der Waals surface area contributed by atoms with Crippen LogP contribution in [-0.4, -0.2) is 83.9 Å². The molecule has 0 saturated carbocycles. The number of carbonyl (C=O) groups is 1. The maximum Gasteiger partial charge on any atom is 0.243 e. The van der Waals surface area contributed by atoms with E-state index in [9.17, 15) is 21.6 Å². The van der Waals surface area contributed by atoms with Crippen molar-refractivity contribution in [2.24, 2.45) is 5.92 Å². The molecule has 0 bridgehead atoms. The molecule has 2 saturated heterocycles. The van der Waals surface area contributed by atoms with Crippen LogP contribution in [0.2, 0.25) is 10.0 Å². The molecule has 1 atom stereocenters. The van der Waals surface area contributed by atoms with Crippen LogP contribution in [0.25, 0.3) is 0 Å². The Morgan fingerprint density at radius 3 is 2.38 bits per heavy atom. The predicted octanol–water partition coefficient (Wildman–Crippen LogP) is 2.75. The molecule has 2 aliphatic rings. The summed E-state index contributed by atoms with van der Waals surface area (Å²) in [6, 6.07) is 10.9. The Morgan fingerprint density at radius 2 is 1.69 bits per heavy atom. The first kappa shape index (κ1) is 30.0. The highest BCUT2D eigenvalue weighted by molar-refractivity contribution is 7.89. The summed E-state index contributed by atoms with van der Waals surface area (Å²) in [6.07, 6.45) is 1.17. The van der Waals surface area contributed by atoms with Gasteiger partial charge in [0.05, 0.1) is 46.4 Å². The van der Waals surface area contributed by atoms with Gasteiger partial charge in [-0.2, -0.15) is 4.31 Å². The Morgan fingerprint density at radius 1 is 0.974 bits per heavy atom. The topological polar surface area (TPSA) is 122 Å². The molecule has 1 N–H and O–H groups in total. The van der Waals surface area contributed by atoms with Gasteiger partial charge in [0.25, 0.3) is 0 Å². The van der Waals surface area contributed by atoms with Gasteiger partial charge in [0.1, 0.15) is 12.4 Å². The molecule has 1 amide bonds. The van der Waals surface area contributed by atoms with Crippen molar-refractivity contribution in [3.05, 3.63) is 58.1 Å². The zero-order valence-corrected chi connectivity index (χ0v) is 24.4. The lowest BCUT2D eigenvalue weighted by Crippen LogP contribution is -2.46. The van der Waals surface area contributed by atoms with Crippen molar-refractivity contribution in [2.75, 3.05) is 52.5 Å². The largest absolute Gasteiger partial charge is 0.492 e. The number of benzene rings is 2. The van der Waals surface area contributed by atoms with Gasteiger partial charge < -0.3 is 14.8 Å². The quantitative estimate of drug-likeness (QED) is 0.406. The fraction of sp³-hybridized carbons (Fsp3) is 0.480. The summed E-state index contributed by atoms with van der Waals surface area (Å²) >= 11 is 11.9. The molecular formula is C25H31Cl2N3O7S2. The number of sulfonamides is 2. The number of hydrogen-bond donors (Lipinski definition) is 1. The van der Waals surface area contributed by atoms with E-state index < -0.39 is 26.0 Å². The van der Waals surface area contributed by atoms with Crippen LogP contribution in [0, 0.1) is 5.92 Å². The van der Waals surface area contributed by atoms with E-state index in [1.54, 1.807) is 24.3 Å². The SMILES string of the molecule is O=C(NCCOc1ccc(S(=O)(=O)N2CCOCC2)cc1)C1CCCN(S(=O)(=O)Cc2ccc(Cl)c(Cl)c2)C1. The van der Waals surface area contributed by atoms with Gasteiger partial charge in [0, 0.05) is 26.2 Å². The Hall–Kier alpha value is -1.93. The average Bonchev–Trinajstić information content (AvgIpc) is 2.93. The van der Waals surface area contributed by atoms with Crippen molar-refractivity contribution in [1.82, 2.24) is 13.9 Å². The molecule has 0 aliphatic carbocycles. The lowest BCUT2D eigenvalue weighted by atomic mass is 9.99.